The summed E-state index contributed by atoms with van der Waals surface area (Å²) in [6, 6.07) is 0.326. The monoisotopic (exact) mass is 294 g/mol. The van der Waals surface area contributed by atoms with Gasteiger partial charge in [0.15, 0.2) is 5.16 Å². The summed E-state index contributed by atoms with van der Waals surface area (Å²) in [7, 11) is 0. The first-order valence-electron chi connectivity index (χ1n) is 7.33. The van der Waals surface area contributed by atoms with Crippen LogP contribution in [-0.4, -0.2) is 46.3 Å². The van der Waals surface area contributed by atoms with Crippen LogP contribution in [0.15, 0.2) is 9.95 Å². The highest BCUT2D eigenvalue weighted by Gasteiger charge is 2.38. The lowest BCUT2D eigenvalue weighted by molar-refractivity contribution is 0.122. The summed E-state index contributed by atoms with van der Waals surface area (Å²) < 4.78 is 7.25. The van der Waals surface area contributed by atoms with Crippen molar-refractivity contribution in [3.63, 3.8) is 0 Å². The van der Waals surface area contributed by atoms with Gasteiger partial charge in [-0.2, -0.15) is 0 Å². The molecule has 2 aliphatic heterocycles. The molecule has 0 radical (unpaired) electrons. The van der Waals surface area contributed by atoms with Gasteiger partial charge in [-0.25, -0.2) is 0 Å². The van der Waals surface area contributed by atoms with Crippen molar-refractivity contribution in [1.82, 2.24) is 14.8 Å². The quantitative estimate of drug-likeness (QED) is 0.772. The Kier molecular flexibility index (Phi) is 3.18. The van der Waals surface area contributed by atoms with Gasteiger partial charge in [0.2, 0.25) is 5.82 Å². The van der Waals surface area contributed by atoms with Gasteiger partial charge in [-0.1, -0.05) is 24.6 Å². The zero-order chi connectivity index (χ0) is 13.5. The van der Waals surface area contributed by atoms with E-state index in [2.05, 4.69) is 10.2 Å². The molecule has 0 N–H and O–H groups in total. The van der Waals surface area contributed by atoms with Crippen LogP contribution >= 0.6 is 11.8 Å². The summed E-state index contributed by atoms with van der Waals surface area (Å²) in [5.41, 5.74) is 0.0406. The van der Waals surface area contributed by atoms with Crippen molar-refractivity contribution in [2.24, 2.45) is 0 Å². The van der Waals surface area contributed by atoms with Gasteiger partial charge in [-0.15, -0.1) is 10.2 Å². The molecule has 6 nitrogen and oxygen atoms in total. The number of hydrogen-bond donors (Lipinski definition) is 0. The second kappa shape index (κ2) is 5.04. The zero-order valence-electron chi connectivity index (χ0n) is 11.3. The number of anilines is 1. The van der Waals surface area contributed by atoms with Crippen LogP contribution in [0.3, 0.4) is 0 Å². The fourth-order valence-electron chi connectivity index (χ4n) is 3.37. The zero-order valence-corrected chi connectivity index (χ0v) is 12.1. The average molecular weight is 294 g/mol. The summed E-state index contributed by atoms with van der Waals surface area (Å²) in [6.07, 6.45) is 4.76. The van der Waals surface area contributed by atoms with E-state index < -0.39 is 0 Å². The maximum atomic E-state index is 12.8. The molecule has 1 saturated heterocycles. The number of aromatic nitrogens is 3. The van der Waals surface area contributed by atoms with Crippen molar-refractivity contribution in [3.05, 3.63) is 10.4 Å². The van der Waals surface area contributed by atoms with Crippen molar-refractivity contribution in [1.29, 1.82) is 0 Å². The predicted molar refractivity (Wildman–Crippen MR) is 76.5 cm³/mol. The van der Waals surface area contributed by atoms with Crippen LogP contribution in [0.1, 0.15) is 31.7 Å². The SMILES string of the molecule is O=c1c(N2CCOCC2)nnc2n1C1CCCCC1S2. The molecule has 1 aliphatic carbocycles. The van der Waals surface area contributed by atoms with Gasteiger partial charge in [0.05, 0.1) is 19.3 Å². The van der Waals surface area contributed by atoms with Crippen molar-refractivity contribution >= 4 is 17.6 Å². The summed E-state index contributed by atoms with van der Waals surface area (Å²) in [6.45, 7) is 2.77. The van der Waals surface area contributed by atoms with Crippen LogP contribution in [0.5, 0.6) is 0 Å². The Labute approximate surface area is 121 Å². The molecule has 4 rings (SSSR count). The van der Waals surface area contributed by atoms with Gasteiger partial charge >= 0.3 is 0 Å². The summed E-state index contributed by atoms with van der Waals surface area (Å²) in [4.78, 5) is 14.8. The molecule has 2 atom stereocenters. The molecule has 1 aromatic rings. The number of nitrogens with zero attached hydrogens (tertiary/aromatic N) is 4. The van der Waals surface area contributed by atoms with E-state index in [1.54, 1.807) is 11.8 Å². The number of hydrogen-bond acceptors (Lipinski definition) is 6. The second-order valence-corrected chi connectivity index (χ2v) is 6.80. The maximum Gasteiger partial charge on any atom is 0.297 e. The van der Waals surface area contributed by atoms with E-state index in [1.165, 1.54) is 19.3 Å². The molecule has 1 saturated carbocycles. The molecular formula is C13H18N4O2S. The highest BCUT2D eigenvalue weighted by Crippen LogP contribution is 2.45. The fraction of sp³-hybridized carbons (Fsp3) is 0.769. The smallest absolute Gasteiger partial charge is 0.297 e. The number of rotatable bonds is 1. The maximum absolute atomic E-state index is 12.8. The van der Waals surface area contributed by atoms with Gasteiger partial charge in [0.1, 0.15) is 0 Å². The first kappa shape index (κ1) is 12.6. The van der Waals surface area contributed by atoms with Crippen LogP contribution < -0.4 is 10.5 Å². The van der Waals surface area contributed by atoms with E-state index in [0.717, 1.165) is 24.7 Å². The number of morpholine rings is 1. The number of thioether (sulfide) groups is 1. The molecule has 1 aromatic heterocycles. The van der Waals surface area contributed by atoms with E-state index in [0.29, 0.717) is 30.3 Å². The third kappa shape index (κ3) is 1.95. The van der Waals surface area contributed by atoms with Crippen LogP contribution in [0.25, 0.3) is 0 Å². The third-order valence-corrected chi connectivity index (χ3v) is 5.75. The number of fused-ring (bicyclic) bond motifs is 3. The molecule has 7 heteroatoms. The lowest BCUT2D eigenvalue weighted by atomic mass is 9.95. The molecule has 0 amide bonds. The Morgan fingerprint density at radius 2 is 1.95 bits per heavy atom. The van der Waals surface area contributed by atoms with Gasteiger partial charge in [0.25, 0.3) is 5.56 Å². The molecule has 0 aromatic carbocycles. The Hall–Kier alpha value is -1.08. The molecule has 20 heavy (non-hydrogen) atoms. The average Bonchev–Trinajstić information content (AvgIpc) is 2.88. The van der Waals surface area contributed by atoms with E-state index >= 15 is 0 Å². The van der Waals surface area contributed by atoms with E-state index in [1.807, 2.05) is 9.47 Å². The first-order valence-corrected chi connectivity index (χ1v) is 8.21. The molecule has 3 heterocycles. The lowest BCUT2D eigenvalue weighted by Crippen LogP contribution is -2.42. The van der Waals surface area contributed by atoms with E-state index in [-0.39, 0.29) is 5.56 Å². The molecule has 0 bridgehead atoms. The molecule has 108 valence electrons. The van der Waals surface area contributed by atoms with Crippen LogP contribution in [-0.2, 0) is 4.74 Å². The Bertz CT molecular complexity index is 570. The standard InChI is InChI=1S/C13H18N4O2S/c18-12-11(16-5-7-19-8-6-16)14-15-13-17(12)9-3-1-2-4-10(9)20-13/h9-10H,1-8H2. The number of ether oxygens (including phenoxy) is 1. The van der Waals surface area contributed by atoms with Gasteiger partial charge < -0.3 is 9.64 Å². The predicted octanol–water partition coefficient (Wildman–Crippen LogP) is 1.06. The van der Waals surface area contributed by atoms with Crippen molar-refractivity contribution in [2.45, 2.75) is 42.1 Å². The molecule has 0 spiro atoms. The Balaban J connectivity index is 1.73. The minimum atomic E-state index is 0.0406. The summed E-state index contributed by atoms with van der Waals surface area (Å²) in [5.74, 6) is 0.504. The van der Waals surface area contributed by atoms with Gasteiger partial charge in [-0.3, -0.25) is 9.36 Å². The topological polar surface area (TPSA) is 60.3 Å². The highest BCUT2D eigenvalue weighted by atomic mass is 32.2. The third-order valence-electron chi connectivity index (χ3n) is 4.41. The summed E-state index contributed by atoms with van der Waals surface area (Å²) in [5, 5.41) is 9.84. The molecule has 2 unspecified atom stereocenters. The minimum Gasteiger partial charge on any atom is -0.378 e. The molecule has 2 fully saturated rings. The largest absolute Gasteiger partial charge is 0.378 e. The Morgan fingerprint density at radius 3 is 2.80 bits per heavy atom. The normalized spacial score (nSPS) is 29.1. The molecular weight excluding hydrogens is 276 g/mol. The van der Waals surface area contributed by atoms with Crippen molar-refractivity contribution in [2.75, 3.05) is 31.2 Å². The van der Waals surface area contributed by atoms with Gasteiger partial charge in [0, 0.05) is 18.3 Å². The Morgan fingerprint density at radius 1 is 1.15 bits per heavy atom. The van der Waals surface area contributed by atoms with Crippen molar-refractivity contribution < 1.29 is 4.74 Å². The van der Waals surface area contributed by atoms with Crippen LogP contribution in [0, 0.1) is 0 Å². The lowest BCUT2D eigenvalue weighted by Gasteiger charge is -2.28. The fourth-order valence-corrected chi connectivity index (χ4v) is 4.76. The first-order chi connectivity index (χ1) is 9.84. The second-order valence-electron chi connectivity index (χ2n) is 5.59. The van der Waals surface area contributed by atoms with Crippen molar-refractivity contribution in [3.8, 4) is 0 Å². The summed E-state index contributed by atoms with van der Waals surface area (Å²) >= 11 is 1.74. The molecule has 3 aliphatic rings. The van der Waals surface area contributed by atoms with E-state index in [9.17, 15) is 4.79 Å². The van der Waals surface area contributed by atoms with Gasteiger partial charge in [-0.05, 0) is 12.8 Å². The minimum absolute atomic E-state index is 0.0406. The van der Waals surface area contributed by atoms with Crippen LogP contribution in [0.4, 0.5) is 5.82 Å². The van der Waals surface area contributed by atoms with Crippen LogP contribution in [0.2, 0.25) is 0 Å². The highest BCUT2D eigenvalue weighted by molar-refractivity contribution is 8.00. The van der Waals surface area contributed by atoms with E-state index in [4.69, 9.17) is 4.74 Å².